The van der Waals surface area contributed by atoms with E-state index >= 15 is 0 Å². The van der Waals surface area contributed by atoms with Gasteiger partial charge in [-0.3, -0.25) is 9.59 Å². The molecule has 0 fully saturated rings. The number of thiazole rings is 1. The quantitative estimate of drug-likeness (QED) is 0.785. The van der Waals surface area contributed by atoms with Crippen LogP contribution in [0.15, 0.2) is 35.3 Å². The summed E-state index contributed by atoms with van der Waals surface area (Å²) in [7, 11) is 0. The third-order valence-electron chi connectivity index (χ3n) is 2.93. The molecule has 0 atom stereocenters. The maximum Gasteiger partial charge on any atom is 0.295 e. The topological polar surface area (TPSA) is 76.4 Å². The van der Waals surface area contributed by atoms with Crippen molar-refractivity contribution in [2.45, 2.75) is 13.8 Å². The number of fused-ring (bicyclic) bond motifs is 1. The number of aromatic nitrogens is 3. The smallest absolute Gasteiger partial charge is 0.295 e. The van der Waals surface area contributed by atoms with Crippen LogP contribution in [0.1, 0.15) is 20.9 Å². The van der Waals surface area contributed by atoms with Gasteiger partial charge in [0.2, 0.25) is 4.96 Å². The van der Waals surface area contributed by atoms with E-state index < -0.39 is 0 Å². The molecule has 3 aromatic rings. The van der Waals surface area contributed by atoms with Gasteiger partial charge in [0.25, 0.3) is 11.5 Å². The average molecular weight is 300 g/mol. The molecule has 2 aromatic heterocycles. The van der Waals surface area contributed by atoms with Gasteiger partial charge in [0.1, 0.15) is 10.6 Å². The Kier molecular flexibility index (Phi) is 3.26. The molecule has 106 valence electrons. The second-order valence-electron chi connectivity index (χ2n) is 4.65. The molecular weight excluding hydrogens is 288 g/mol. The summed E-state index contributed by atoms with van der Waals surface area (Å²) in [6.07, 6.45) is 1.57. The van der Waals surface area contributed by atoms with Crippen LogP contribution in [0.25, 0.3) is 4.96 Å². The molecule has 7 heteroatoms. The summed E-state index contributed by atoms with van der Waals surface area (Å²) >= 11 is 1.13. The highest BCUT2D eigenvalue weighted by atomic mass is 32.1. The van der Waals surface area contributed by atoms with Crippen LogP contribution in [0.2, 0.25) is 0 Å². The zero-order valence-electron chi connectivity index (χ0n) is 11.5. The van der Waals surface area contributed by atoms with E-state index in [1.54, 1.807) is 13.1 Å². The molecule has 0 bridgehead atoms. The summed E-state index contributed by atoms with van der Waals surface area (Å²) in [5, 5.41) is 6.87. The van der Waals surface area contributed by atoms with Crippen molar-refractivity contribution in [2.75, 3.05) is 5.32 Å². The Labute approximate surface area is 124 Å². The van der Waals surface area contributed by atoms with Gasteiger partial charge in [-0.15, -0.1) is 0 Å². The first-order valence-electron chi connectivity index (χ1n) is 6.28. The van der Waals surface area contributed by atoms with E-state index in [9.17, 15) is 9.59 Å². The van der Waals surface area contributed by atoms with E-state index in [1.165, 1.54) is 4.52 Å². The van der Waals surface area contributed by atoms with E-state index in [-0.39, 0.29) is 11.5 Å². The predicted octanol–water partition coefficient (Wildman–Crippen LogP) is 2.02. The number of benzene rings is 1. The van der Waals surface area contributed by atoms with Crippen molar-refractivity contribution >= 4 is 27.9 Å². The summed E-state index contributed by atoms with van der Waals surface area (Å²) in [5.41, 5.74) is 1.77. The molecular formula is C14H12N4O2S. The van der Waals surface area contributed by atoms with Crippen molar-refractivity contribution in [3.63, 3.8) is 0 Å². The lowest BCUT2D eigenvalue weighted by molar-refractivity contribution is 0.103. The number of amides is 1. The van der Waals surface area contributed by atoms with Gasteiger partial charge in [0, 0.05) is 5.69 Å². The average Bonchev–Trinajstić information content (AvgIpc) is 2.85. The number of rotatable bonds is 2. The molecule has 2 heterocycles. The minimum Gasteiger partial charge on any atom is -0.321 e. The second kappa shape index (κ2) is 5.10. The van der Waals surface area contributed by atoms with Crippen molar-refractivity contribution in [1.82, 2.24) is 14.6 Å². The van der Waals surface area contributed by atoms with Gasteiger partial charge in [0.15, 0.2) is 0 Å². The van der Waals surface area contributed by atoms with Crippen LogP contribution >= 0.6 is 11.3 Å². The number of hydrogen-bond donors (Lipinski definition) is 1. The van der Waals surface area contributed by atoms with Crippen LogP contribution < -0.4 is 10.9 Å². The van der Waals surface area contributed by atoms with Crippen LogP contribution in [-0.4, -0.2) is 20.5 Å². The van der Waals surface area contributed by atoms with Crippen LogP contribution in [0.3, 0.4) is 0 Å². The minimum absolute atomic E-state index is 0.249. The molecule has 21 heavy (non-hydrogen) atoms. The molecule has 1 N–H and O–H groups in total. The molecule has 0 spiro atoms. The summed E-state index contributed by atoms with van der Waals surface area (Å²) < 4.78 is 1.45. The summed E-state index contributed by atoms with van der Waals surface area (Å²) in [6, 6.07) is 7.52. The lowest BCUT2D eigenvalue weighted by atomic mass is 10.2. The number of carbonyl (C=O) groups is 1. The highest BCUT2D eigenvalue weighted by Crippen LogP contribution is 2.17. The predicted molar refractivity (Wildman–Crippen MR) is 81.0 cm³/mol. The van der Waals surface area contributed by atoms with Crippen LogP contribution in [0.5, 0.6) is 0 Å². The molecule has 0 unspecified atom stereocenters. The van der Waals surface area contributed by atoms with E-state index in [2.05, 4.69) is 15.4 Å². The third-order valence-corrected chi connectivity index (χ3v) is 3.91. The fraction of sp³-hybridized carbons (Fsp3) is 0.143. The zero-order chi connectivity index (χ0) is 15.0. The highest BCUT2D eigenvalue weighted by molar-refractivity contribution is 7.18. The zero-order valence-corrected chi connectivity index (χ0v) is 12.3. The van der Waals surface area contributed by atoms with Gasteiger partial charge < -0.3 is 5.32 Å². The molecule has 1 aromatic carbocycles. The minimum atomic E-state index is -0.373. The molecule has 3 rings (SSSR count). The van der Waals surface area contributed by atoms with Crippen molar-refractivity contribution in [2.24, 2.45) is 0 Å². The molecule has 0 aliphatic rings. The van der Waals surface area contributed by atoms with Gasteiger partial charge in [-0.25, -0.2) is 4.52 Å². The lowest BCUT2D eigenvalue weighted by Gasteiger charge is -2.02. The Hall–Kier alpha value is -2.54. The molecule has 0 saturated carbocycles. The molecule has 1 amide bonds. The van der Waals surface area contributed by atoms with Crippen molar-refractivity contribution in [3.8, 4) is 0 Å². The first-order chi connectivity index (χ1) is 10.0. The maximum absolute atomic E-state index is 12.2. The first-order valence-corrected chi connectivity index (χ1v) is 7.10. The van der Waals surface area contributed by atoms with Gasteiger partial charge in [-0.05, 0) is 26.0 Å². The number of anilines is 1. The fourth-order valence-electron chi connectivity index (χ4n) is 1.79. The van der Waals surface area contributed by atoms with E-state index in [0.717, 1.165) is 22.6 Å². The lowest BCUT2D eigenvalue weighted by Crippen LogP contribution is -2.14. The summed E-state index contributed by atoms with van der Waals surface area (Å²) in [4.78, 5) is 28.4. The van der Waals surface area contributed by atoms with Crippen molar-refractivity contribution < 1.29 is 4.79 Å². The first kappa shape index (κ1) is 13.4. The fourth-order valence-corrected chi connectivity index (χ4v) is 2.60. The van der Waals surface area contributed by atoms with E-state index in [0.29, 0.717) is 15.5 Å². The van der Waals surface area contributed by atoms with E-state index in [1.807, 2.05) is 31.2 Å². The summed E-state index contributed by atoms with van der Waals surface area (Å²) in [5.74, 6) is -0.249. The Morgan fingerprint density at radius 3 is 2.67 bits per heavy atom. The monoisotopic (exact) mass is 300 g/mol. The largest absolute Gasteiger partial charge is 0.321 e. The molecule has 0 aliphatic carbocycles. The molecule has 6 nitrogen and oxygen atoms in total. The number of nitrogens with zero attached hydrogens (tertiary/aromatic N) is 3. The van der Waals surface area contributed by atoms with Gasteiger partial charge in [0.05, 0.1) is 6.20 Å². The van der Waals surface area contributed by atoms with Crippen LogP contribution in [0, 0.1) is 13.8 Å². The Morgan fingerprint density at radius 2 is 1.95 bits per heavy atom. The van der Waals surface area contributed by atoms with Gasteiger partial charge in [-0.1, -0.05) is 29.0 Å². The Bertz CT molecular complexity index is 880. The molecule has 0 aliphatic heterocycles. The number of carbonyl (C=O) groups excluding carboxylic acids is 1. The van der Waals surface area contributed by atoms with Crippen molar-refractivity contribution in [1.29, 1.82) is 0 Å². The SMILES string of the molecule is Cc1ccc(NC(=O)c2cn3nc(C)c(=O)nc3s2)cc1. The van der Waals surface area contributed by atoms with Crippen molar-refractivity contribution in [3.05, 3.63) is 57.0 Å². The Balaban J connectivity index is 1.91. The van der Waals surface area contributed by atoms with Crippen LogP contribution in [0.4, 0.5) is 5.69 Å². The van der Waals surface area contributed by atoms with Gasteiger partial charge in [-0.2, -0.15) is 10.1 Å². The number of nitrogens with one attached hydrogen (secondary N) is 1. The third kappa shape index (κ3) is 2.68. The molecule has 0 radical (unpaired) electrons. The van der Waals surface area contributed by atoms with E-state index in [4.69, 9.17) is 0 Å². The second-order valence-corrected chi connectivity index (χ2v) is 5.65. The highest BCUT2D eigenvalue weighted by Gasteiger charge is 2.12. The normalized spacial score (nSPS) is 10.8. The van der Waals surface area contributed by atoms with Gasteiger partial charge >= 0.3 is 0 Å². The van der Waals surface area contributed by atoms with Crippen LogP contribution in [-0.2, 0) is 0 Å². The molecule has 0 saturated heterocycles. The summed E-state index contributed by atoms with van der Waals surface area (Å²) in [6.45, 7) is 3.57. The number of aryl methyl sites for hydroxylation is 2. The Morgan fingerprint density at radius 1 is 1.24 bits per heavy atom. The standard InChI is InChI=1S/C14H12N4O2S/c1-8-3-5-10(6-4-8)15-13(20)11-7-18-14(21-11)16-12(19)9(2)17-18/h3-7H,1-2H3,(H,15,20). The number of hydrogen-bond acceptors (Lipinski definition) is 5. The maximum atomic E-state index is 12.2.